The third-order valence-corrected chi connectivity index (χ3v) is 8.95. The molecule has 0 saturated carbocycles. The minimum Gasteiger partial charge on any atom is -0.394 e. The van der Waals surface area contributed by atoms with Gasteiger partial charge in [0.05, 0.1) is 60.5 Å². The Morgan fingerprint density at radius 2 is 1.09 bits per heavy atom. The van der Waals surface area contributed by atoms with Crippen LogP contribution in [-0.4, -0.2) is 49.6 Å². The Labute approximate surface area is 309 Å². The molecule has 8 rings (SSSR count). The smallest absolute Gasteiger partial charge is 0.144 e. The highest BCUT2D eigenvalue weighted by atomic mass is 19.1. The van der Waals surface area contributed by atoms with E-state index in [9.17, 15) is 24.4 Å². The van der Waals surface area contributed by atoms with Gasteiger partial charge in [-0.05, 0) is 85.6 Å². The first-order valence-electron chi connectivity index (χ1n) is 17.2. The average molecular weight is 721 g/mol. The molecule has 0 radical (unpaired) electrons. The van der Waals surface area contributed by atoms with Crippen LogP contribution in [0.5, 0.6) is 0 Å². The monoisotopic (exact) mass is 720 g/mol. The number of pyridine rings is 2. The molecule has 6 aromatic heterocycles. The van der Waals surface area contributed by atoms with Crippen molar-refractivity contribution in [3.8, 4) is 57.2 Å². The van der Waals surface area contributed by atoms with E-state index in [0.717, 1.165) is 45.9 Å². The quantitative estimate of drug-likeness (QED) is 0.168. The minimum absolute atomic E-state index is 0.0526. The number of rotatable bonds is 8. The second kappa shape index (κ2) is 14.9. The maximum atomic E-state index is 13.4. The SMILES string of the molecule is CC(C)Cn1cnc(-c2ccc(F)cc2)c1-c1ccc2ncc(C#N)n2c1.CC(CO)n1cnc(-c2ccc(F)cc2)c1-c1ccc2ncc(C#N)n2c1. The van der Waals surface area contributed by atoms with E-state index in [1.54, 1.807) is 45.6 Å². The molecule has 1 N–H and O–H groups in total. The first-order valence-corrected chi connectivity index (χ1v) is 17.2. The Morgan fingerprint density at radius 3 is 1.57 bits per heavy atom. The summed E-state index contributed by atoms with van der Waals surface area (Å²) in [6, 6.07) is 24.1. The number of aliphatic hydroxyl groups is 1. The van der Waals surface area contributed by atoms with Gasteiger partial charge in [-0.25, -0.2) is 28.7 Å². The van der Waals surface area contributed by atoms with E-state index in [-0.39, 0.29) is 24.3 Å². The lowest BCUT2D eigenvalue weighted by molar-refractivity contribution is 0.239. The molecule has 13 heteroatoms. The lowest BCUT2D eigenvalue weighted by Crippen LogP contribution is -2.10. The molecule has 6 heterocycles. The molecule has 54 heavy (non-hydrogen) atoms. The van der Waals surface area contributed by atoms with E-state index < -0.39 is 0 Å². The molecule has 11 nitrogen and oxygen atoms in total. The number of nitriles is 2. The molecule has 0 aliphatic heterocycles. The molecular weight excluding hydrogens is 687 g/mol. The van der Waals surface area contributed by atoms with E-state index in [1.807, 2.05) is 54.5 Å². The molecule has 2 aromatic carbocycles. The number of fused-ring (bicyclic) bond motifs is 2. The fraction of sp³-hybridized carbons (Fsp3) is 0.171. The summed E-state index contributed by atoms with van der Waals surface area (Å²) in [5.74, 6) is -0.159. The molecule has 0 bridgehead atoms. The lowest BCUT2D eigenvalue weighted by atomic mass is 10.1. The van der Waals surface area contributed by atoms with Crippen molar-refractivity contribution in [1.29, 1.82) is 10.5 Å². The molecule has 0 amide bonds. The van der Waals surface area contributed by atoms with Crippen LogP contribution < -0.4 is 0 Å². The van der Waals surface area contributed by atoms with Gasteiger partial charge in [-0.1, -0.05) is 13.8 Å². The topological polar surface area (TPSA) is 138 Å². The Bertz CT molecular complexity index is 2670. The van der Waals surface area contributed by atoms with Crippen LogP contribution in [0, 0.1) is 40.2 Å². The number of halogens is 2. The zero-order valence-corrected chi connectivity index (χ0v) is 29.6. The summed E-state index contributed by atoms with van der Waals surface area (Å²) >= 11 is 0. The third kappa shape index (κ3) is 6.84. The van der Waals surface area contributed by atoms with Crippen LogP contribution in [-0.2, 0) is 6.54 Å². The van der Waals surface area contributed by atoms with Gasteiger partial charge in [0, 0.05) is 41.2 Å². The maximum absolute atomic E-state index is 13.4. The number of aromatic nitrogens is 8. The second-order valence-electron chi connectivity index (χ2n) is 13.2. The highest BCUT2D eigenvalue weighted by molar-refractivity contribution is 5.80. The van der Waals surface area contributed by atoms with E-state index in [1.165, 1.54) is 30.5 Å². The van der Waals surface area contributed by atoms with Gasteiger partial charge < -0.3 is 14.2 Å². The summed E-state index contributed by atoms with van der Waals surface area (Å²) in [4.78, 5) is 17.6. The molecule has 0 fully saturated rings. The van der Waals surface area contributed by atoms with Gasteiger partial charge >= 0.3 is 0 Å². The highest BCUT2D eigenvalue weighted by Crippen LogP contribution is 2.35. The summed E-state index contributed by atoms with van der Waals surface area (Å²) in [5, 5.41) is 28.2. The number of hydrogen-bond acceptors (Lipinski definition) is 7. The Kier molecular flexibility index (Phi) is 9.81. The number of nitrogens with zero attached hydrogens (tertiary/aromatic N) is 10. The van der Waals surface area contributed by atoms with E-state index in [0.29, 0.717) is 34.3 Å². The Hall–Kier alpha value is -6.96. The fourth-order valence-electron chi connectivity index (χ4n) is 6.33. The van der Waals surface area contributed by atoms with Gasteiger partial charge in [0.2, 0.25) is 0 Å². The van der Waals surface area contributed by atoms with E-state index in [4.69, 9.17) is 0 Å². The van der Waals surface area contributed by atoms with Crippen molar-refractivity contribution in [2.45, 2.75) is 33.4 Å². The van der Waals surface area contributed by atoms with Crippen molar-refractivity contribution in [2.75, 3.05) is 6.61 Å². The van der Waals surface area contributed by atoms with Gasteiger partial charge in [0.15, 0.2) is 0 Å². The predicted molar refractivity (Wildman–Crippen MR) is 200 cm³/mol. The largest absolute Gasteiger partial charge is 0.394 e. The van der Waals surface area contributed by atoms with Gasteiger partial charge in [-0.15, -0.1) is 0 Å². The second-order valence-corrected chi connectivity index (χ2v) is 13.2. The zero-order chi connectivity index (χ0) is 37.9. The van der Waals surface area contributed by atoms with Crippen molar-refractivity contribution in [3.63, 3.8) is 0 Å². The van der Waals surface area contributed by atoms with Gasteiger partial charge in [0.1, 0.15) is 46.5 Å². The van der Waals surface area contributed by atoms with Crippen LogP contribution in [0.15, 0.2) is 110 Å². The molecule has 1 unspecified atom stereocenters. The fourth-order valence-corrected chi connectivity index (χ4v) is 6.33. The van der Waals surface area contributed by atoms with Crippen molar-refractivity contribution >= 4 is 11.3 Å². The first-order chi connectivity index (χ1) is 26.2. The maximum Gasteiger partial charge on any atom is 0.144 e. The summed E-state index contributed by atoms with van der Waals surface area (Å²) in [6.45, 7) is 6.93. The predicted octanol–water partition coefficient (Wildman–Crippen LogP) is 7.96. The molecule has 0 aliphatic carbocycles. The van der Waals surface area contributed by atoms with Crippen molar-refractivity contribution in [1.82, 2.24) is 37.9 Å². The third-order valence-electron chi connectivity index (χ3n) is 8.95. The summed E-state index contributed by atoms with van der Waals surface area (Å²) in [5.41, 5.74) is 8.82. The minimum atomic E-state index is -0.318. The highest BCUT2D eigenvalue weighted by Gasteiger charge is 2.20. The Morgan fingerprint density at radius 1 is 0.630 bits per heavy atom. The van der Waals surface area contributed by atoms with E-state index in [2.05, 4.69) is 50.5 Å². The van der Waals surface area contributed by atoms with Crippen LogP contribution in [0.4, 0.5) is 8.78 Å². The summed E-state index contributed by atoms with van der Waals surface area (Å²) in [7, 11) is 0. The van der Waals surface area contributed by atoms with Crippen molar-refractivity contribution in [3.05, 3.63) is 133 Å². The number of aliphatic hydroxyl groups excluding tert-OH is 1. The molecule has 0 spiro atoms. The molecule has 0 saturated heterocycles. The van der Waals surface area contributed by atoms with E-state index >= 15 is 0 Å². The van der Waals surface area contributed by atoms with Gasteiger partial charge in [-0.3, -0.25) is 8.80 Å². The van der Waals surface area contributed by atoms with Crippen molar-refractivity contribution < 1.29 is 13.9 Å². The normalized spacial score (nSPS) is 11.7. The molecule has 268 valence electrons. The zero-order valence-electron chi connectivity index (χ0n) is 29.6. The molecule has 0 aliphatic rings. The van der Waals surface area contributed by atoms with Gasteiger partial charge in [-0.2, -0.15) is 10.5 Å². The Balaban J connectivity index is 0.000000167. The first kappa shape index (κ1) is 35.4. The summed E-state index contributed by atoms with van der Waals surface area (Å²) in [6.07, 6.45) is 10.3. The molecular formula is C41H34F2N10O. The van der Waals surface area contributed by atoms with Crippen LogP contribution in [0.3, 0.4) is 0 Å². The van der Waals surface area contributed by atoms with Crippen molar-refractivity contribution in [2.24, 2.45) is 5.92 Å². The van der Waals surface area contributed by atoms with Crippen LogP contribution in [0.1, 0.15) is 38.2 Å². The molecule has 8 aromatic rings. The van der Waals surface area contributed by atoms with Gasteiger partial charge in [0.25, 0.3) is 0 Å². The van der Waals surface area contributed by atoms with Crippen LogP contribution in [0.25, 0.3) is 56.3 Å². The van der Waals surface area contributed by atoms with Crippen LogP contribution >= 0.6 is 0 Å². The number of imidazole rings is 4. The lowest BCUT2D eigenvalue weighted by Gasteiger charge is -2.16. The van der Waals surface area contributed by atoms with Crippen LogP contribution in [0.2, 0.25) is 0 Å². The standard InChI is InChI=1S/C21H18FN5.C20H16FN5O/c1-14(2)11-26-13-25-20(15-3-6-17(22)7-4-15)21(26)16-5-8-19-24-10-18(9-23)27(19)12-16;1-13(11-27)26-12-24-19(14-2-5-16(21)6-3-14)20(26)15-4-7-18-23-9-17(8-22)25(18)10-15/h3-8,10,12-14H,11H2,1-2H3;2-7,9-10,12-13,27H,11H2,1H3. The number of hydrogen-bond donors (Lipinski definition) is 1. The molecule has 1 atom stereocenters. The summed E-state index contributed by atoms with van der Waals surface area (Å²) < 4.78 is 34.2. The average Bonchev–Trinajstić information content (AvgIpc) is 3.99. The number of benzene rings is 2.